The largest absolute Gasteiger partial charge is 0.241 e. The number of hydrogen-bond acceptors (Lipinski definition) is 2. The number of nitrogens with one attached hydrogen (secondary N) is 1. The second-order valence-corrected chi connectivity index (χ2v) is 8.15. The van der Waals surface area contributed by atoms with E-state index in [-0.39, 0.29) is 4.90 Å². The van der Waals surface area contributed by atoms with Crippen molar-refractivity contribution in [2.24, 2.45) is 0 Å². The third-order valence-corrected chi connectivity index (χ3v) is 7.68. The van der Waals surface area contributed by atoms with Crippen LogP contribution in [-0.2, 0) is 10.0 Å². The minimum atomic E-state index is -3.59. The summed E-state index contributed by atoms with van der Waals surface area (Å²) in [6.45, 7) is 1.93. The fraction of sp³-hybridized carbons (Fsp3) is 0.455. The molecule has 1 rings (SSSR count). The Bertz CT molecular complexity index is 539. The Kier molecular flexibility index (Phi) is 6.81. The number of halogens is 4. The normalized spacial score (nSPS) is 12.7. The summed E-state index contributed by atoms with van der Waals surface area (Å²) in [5, 5.41) is 1.52. The Labute approximate surface area is 143 Å². The number of hydrogen-bond donors (Lipinski definition) is 1. The molecule has 0 unspecified atom stereocenters. The lowest BCUT2D eigenvalue weighted by Crippen LogP contribution is -2.50. The first-order valence-corrected chi connectivity index (χ1v) is 10.3. The predicted octanol–water partition coefficient (Wildman–Crippen LogP) is 4.32. The molecule has 0 aromatic heterocycles. The van der Waals surface area contributed by atoms with Gasteiger partial charge in [-0.25, -0.2) is 13.1 Å². The summed E-state index contributed by atoms with van der Waals surface area (Å²) in [5.41, 5.74) is -0.551. The van der Waals surface area contributed by atoms with E-state index in [0.717, 1.165) is 0 Å². The average molecular weight is 498 g/mol. The molecule has 0 saturated carbocycles. The van der Waals surface area contributed by atoms with Gasteiger partial charge in [-0.2, -0.15) is 0 Å². The Balaban J connectivity index is 3.14. The lowest BCUT2D eigenvalue weighted by Gasteiger charge is -2.29. The van der Waals surface area contributed by atoms with Crippen LogP contribution in [0.15, 0.2) is 27.6 Å². The molecule has 0 fully saturated rings. The number of benzene rings is 1. The van der Waals surface area contributed by atoms with E-state index < -0.39 is 15.6 Å². The minimum absolute atomic E-state index is 0.184. The van der Waals surface area contributed by atoms with Crippen LogP contribution in [0.5, 0.6) is 0 Å². The van der Waals surface area contributed by atoms with Crippen LogP contribution < -0.4 is 4.72 Å². The first-order chi connectivity index (χ1) is 8.80. The van der Waals surface area contributed by atoms with Gasteiger partial charge < -0.3 is 0 Å². The summed E-state index contributed by atoms with van der Waals surface area (Å²) in [7, 11) is -3.59. The second kappa shape index (κ2) is 7.22. The molecule has 8 heteroatoms. The Hall–Kier alpha value is 0.860. The monoisotopic (exact) mass is 495 g/mol. The van der Waals surface area contributed by atoms with E-state index in [1.54, 1.807) is 6.07 Å². The van der Waals surface area contributed by atoms with Crippen LogP contribution in [0.25, 0.3) is 0 Å². The highest BCUT2D eigenvalue weighted by atomic mass is 79.9. The molecule has 0 aliphatic carbocycles. The van der Waals surface area contributed by atoms with Gasteiger partial charge in [0.05, 0.1) is 15.5 Å². The van der Waals surface area contributed by atoms with E-state index >= 15 is 0 Å². The lowest BCUT2D eigenvalue weighted by molar-refractivity contribution is 0.459. The molecule has 0 aliphatic heterocycles. The summed E-state index contributed by atoms with van der Waals surface area (Å²) in [6, 6.07) is 4.53. The molecule has 0 amide bonds. The highest BCUT2D eigenvalue weighted by Gasteiger charge is 2.32. The molecule has 0 atom stereocenters. The van der Waals surface area contributed by atoms with Crippen molar-refractivity contribution in [2.75, 3.05) is 10.7 Å². The number of rotatable bonds is 6. The summed E-state index contributed by atoms with van der Waals surface area (Å²) in [4.78, 5) is 0.184. The van der Waals surface area contributed by atoms with E-state index in [4.69, 9.17) is 11.6 Å². The van der Waals surface area contributed by atoms with Crippen LogP contribution in [0, 0.1) is 0 Å². The van der Waals surface area contributed by atoms with Crippen LogP contribution >= 0.6 is 59.4 Å². The standard InChI is InChI=1S/C11H13Br3ClNO2S/c1-2-11(6-12,7-13)16-19(17,18)8-3-4-10(15)9(14)5-8/h3-5,16H,2,6-7H2,1H3. The smallest absolute Gasteiger partial charge is 0.207 e. The topological polar surface area (TPSA) is 46.2 Å². The molecule has 1 N–H and O–H groups in total. The Morgan fingerprint density at radius 1 is 1.32 bits per heavy atom. The fourth-order valence-electron chi connectivity index (χ4n) is 1.34. The fourth-order valence-corrected chi connectivity index (χ4v) is 5.86. The van der Waals surface area contributed by atoms with E-state index in [9.17, 15) is 8.42 Å². The van der Waals surface area contributed by atoms with Gasteiger partial charge in [0.1, 0.15) is 0 Å². The highest BCUT2D eigenvalue weighted by molar-refractivity contribution is 9.10. The summed E-state index contributed by atoms with van der Waals surface area (Å²) >= 11 is 15.8. The molecule has 0 saturated heterocycles. The van der Waals surface area contributed by atoms with Crippen molar-refractivity contribution >= 4 is 69.4 Å². The average Bonchev–Trinajstić information content (AvgIpc) is 2.39. The molecule has 3 nitrogen and oxygen atoms in total. The molecule has 0 spiro atoms. The third-order valence-electron chi connectivity index (χ3n) is 2.74. The Morgan fingerprint density at radius 3 is 2.32 bits per heavy atom. The van der Waals surface area contributed by atoms with Crippen LogP contribution in [0.3, 0.4) is 0 Å². The molecule has 108 valence electrons. The van der Waals surface area contributed by atoms with Crippen LogP contribution in [0.1, 0.15) is 13.3 Å². The molecule has 0 aliphatic rings. The third kappa shape index (κ3) is 4.41. The zero-order valence-corrected chi connectivity index (χ0v) is 16.4. The van der Waals surface area contributed by atoms with Crippen LogP contribution in [0.4, 0.5) is 0 Å². The van der Waals surface area contributed by atoms with Gasteiger partial charge in [-0.3, -0.25) is 0 Å². The van der Waals surface area contributed by atoms with E-state index in [0.29, 0.717) is 26.6 Å². The summed E-state index contributed by atoms with van der Waals surface area (Å²) in [5.74, 6) is 0. The minimum Gasteiger partial charge on any atom is -0.207 e. The van der Waals surface area contributed by atoms with Crippen LogP contribution in [-0.4, -0.2) is 24.6 Å². The van der Waals surface area contributed by atoms with E-state index in [1.165, 1.54) is 12.1 Å². The molecule has 1 aromatic rings. The van der Waals surface area contributed by atoms with Gasteiger partial charge in [-0.1, -0.05) is 50.4 Å². The second-order valence-electron chi connectivity index (χ2n) is 4.08. The quantitative estimate of drug-likeness (QED) is 0.594. The van der Waals surface area contributed by atoms with E-state index in [1.807, 2.05) is 6.92 Å². The van der Waals surface area contributed by atoms with Crippen molar-refractivity contribution in [2.45, 2.75) is 23.8 Å². The maximum atomic E-state index is 12.4. The van der Waals surface area contributed by atoms with Crippen molar-refractivity contribution in [1.82, 2.24) is 4.72 Å². The van der Waals surface area contributed by atoms with Gasteiger partial charge in [0.15, 0.2) is 0 Å². The summed E-state index contributed by atoms with van der Waals surface area (Å²) in [6.07, 6.45) is 0.664. The highest BCUT2D eigenvalue weighted by Crippen LogP contribution is 2.27. The SMILES string of the molecule is CCC(CBr)(CBr)NS(=O)(=O)c1ccc(Cl)c(Br)c1. The van der Waals surface area contributed by atoms with Crippen molar-refractivity contribution in [1.29, 1.82) is 0 Å². The van der Waals surface area contributed by atoms with Gasteiger partial charge in [-0.05, 0) is 40.5 Å². The molecule has 0 heterocycles. The zero-order valence-electron chi connectivity index (χ0n) is 10.1. The summed E-state index contributed by atoms with van der Waals surface area (Å²) < 4.78 is 28.0. The molecular weight excluding hydrogens is 485 g/mol. The predicted molar refractivity (Wildman–Crippen MR) is 90.1 cm³/mol. The molecular formula is C11H13Br3ClNO2S. The van der Waals surface area contributed by atoms with Gasteiger partial charge in [0.25, 0.3) is 0 Å². The van der Waals surface area contributed by atoms with E-state index in [2.05, 4.69) is 52.5 Å². The number of sulfonamides is 1. The lowest BCUT2D eigenvalue weighted by atomic mass is 10.0. The molecule has 0 radical (unpaired) electrons. The Morgan fingerprint density at radius 2 is 1.89 bits per heavy atom. The van der Waals surface area contributed by atoms with Gasteiger partial charge in [0, 0.05) is 15.1 Å². The van der Waals surface area contributed by atoms with Crippen molar-refractivity contribution in [3.05, 3.63) is 27.7 Å². The van der Waals surface area contributed by atoms with Gasteiger partial charge in [0.2, 0.25) is 10.0 Å². The van der Waals surface area contributed by atoms with Crippen molar-refractivity contribution < 1.29 is 8.42 Å². The first kappa shape index (κ1) is 17.9. The van der Waals surface area contributed by atoms with Crippen molar-refractivity contribution in [3.8, 4) is 0 Å². The molecule has 1 aromatic carbocycles. The van der Waals surface area contributed by atoms with Crippen LogP contribution in [0.2, 0.25) is 5.02 Å². The molecule has 0 bridgehead atoms. The van der Waals surface area contributed by atoms with Gasteiger partial charge in [-0.15, -0.1) is 0 Å². The first-order valence-electron chi connectivity index (χ1n) is 5.41. The van der Waals surface area contributed by atoms with Crippen molar-refractivity contribution in [3.63, 3.8) is 0 Å². The van der Waals surface area contributed by atoms with Gasteiger partial charge >= 0.3 is 0 Å². The maximum absolute atomic E-state index is 12.4. The maximum Gasteiger partial charge on any atom is 0.241 e. The zero-order chi connectivity index (χ0) is 14.7. The molecule has 19 heavy (non-hydrogen) atoms. The number of alkyl halides is 2.